The van der Waals surface area contributed by atoms with Crippen molar-refractivity contribution in [3.8, 4) is 5.75 Å². The Hall–Kier alpha value is -1.89. The highest BCUT2D eigenvalue weighted by atomic mass is 79.9. The second-order valence-corrected chi connectivity index (χ2v) is 5.22. The normalized spacial score (nSPS) is 10.6. The molecule has 0 unspecified atom stereocenters. The minimum atomic E-state index is -0.370. The molecule has 0 radical (unpaired) electrons. The number of ether oxygens (including phenoxy) is 2. The van der Waals surface area contributed by atoms with Gasteiger partial charge in [-0.3, -0.25) is 14.3 Å². The molecule has 0 aliphatic carbocycles. The van der Waals surface area contributed by atoms with Gasteiger partial charge in [-0.1, -0.05) is 0 Å². The van der Waals surface area contributed by atoms with Crippen LogP contribution in [-0.4, -0.2) is 28.8 Å². The Bertz CT molecular complexity index is 681. The van der Waals surface area contributed by atoms with E-state index in [0.717, 1.165) is 10.9 Å². The average molecular weight is 355 g/mol. The van der Waals surface area contributed by atoms with Crippen LogP contribution in [0.15, 0.2) is 22.8 Å². The lowest BCUT2D eigenvalue weighted by atomic mass is 10.2. The largest absolute Gasteiger partial charge is 0.469 e. The molecule has 1 aromatic heterocycles. The maximum atomic E-state index is 11.1. The Morgan fingerprint density at radius 1 is 1.38 bits per heavy atom. The number of nitrogens with zero attached hydrogens (tertiary/aromatic N) is 2. The predicted octanol–water partition coefficient (Wildman–Crippen LogP) is 2.68. The van der Waals surface area contributed by atoms with E-state index in [0.29, 0.717) is 29.7 Å². The quantitative estimate of drug-likeness (QED) is 0.609. The van der Waals surface area contributed by atoms with Gasteiger partial charge in [0.2, 0.25) is 0 Å². The minimum absolute atomic E-state index is 0.244. The summed E-state index contributed by atoms with van der Waals surface area (Å²) in [5.41, 5.74) is 0.838. The standard InChI is InChI=1S/C14H15BrN2O4/c1-9(18)21-10-5-6-11-12(8-10)17(16-14(11)15)7-3-4-13(19)20-2/h5-6,8H,3-4,7H2,1-2H3. The first-order valence-corrected chi connectivity index (χ1v) is 7.22. The number of carbonyl (C=O) groups is 2. The van der Waals surface area contributed by atoms with Gasteiger partial charge < -0.3 is 9.47 Å². The van der Waals surface area contributed by atoms with Crippen molar-refractivity contribution in [2.24, 2.45) is 0 Å². The lowest BCUT2D eigenvalue weighted by Crippen LogP contribution is -2.05. The molecule has 0 atom stereocenters. The third-order valence-corrected chi connectivity index (χ3v) is 3.50. The van der Waals surface area contributed by atoms with E-state index in [1.807, 2.05) is 6.07 Å². The van der Waals surface area contributed by atoms with Gasteiger partial charge in [0.1, 0.15) is 10.4 Å². The fourth-order valence-corrected chi connectivity index (χ4v) is 2.52. The molecule has 112 valence electrons. The van der Waals surface area contributed by atoms with E-state index in [1.54, 1.807) is 16.8 Å². The maximum Gasteiger partial charge on any atom is 0.308 e. The van der Waals surface area contributed by atoms with Crippen molar-refractivity contribution in [3.63, 3.8) is 0 Å². The molecule has 0 saturated heterocycles. The molecule has 6 nitrogen and oxygen atoms in total. The Balaban J connectivity index is 2.22. The van der Waals surface area contributed by atoms with Gasteiger partial charge in [-0.25, -0.2) is 0 Å². The second kappa shape index (κ2) is 6.71. The minimum Gasteiger partial charge on any atom is -0.469 e. The molecule has 2 rings (SSSR count). The number of carbonyl (C=O) groups excluding carboxylic acids is 2. The van der Waals surface area contributed by atoms with Gasteiger partial charge in [0.25, 0.3) is 0 Å². The van der Waals surface area contributed by atoms with E-state index in [9.17, 15) is 9.59 Å². The number of hydrogen-bond acceptors (Lipinski definition) is 5. The summed E-state index contributed by atoms with van der Waals surface area (Å²) in [6.45, 7) is 1.93. The van der Waals surface area contributed by atoms with E-state index in [4.69, 9.17) is 4.74 Å². The summed E-state index contributed by atoms with van der Waals surface area (Å²) in [6, 6.07) is 5.31. The van der Waals surface area contributed by atoms with Crippen LogP contribution in [-0.2, 0) is 20.9 Å². The molecule has 0 N–H and O–H groups in total. The SMILES string of the molecule is COC(=O)CCCn1nc(Br)c2ccc(OC(C)=O)cc21. The molecule has 21 heavy (non-hydrogen) atoms. The summed E-state index contributed by atoms with van der Waals surface area (Å²) in [5.74, 6) is -0.145. The second-order valence-electron chi connectivity index (χ2n) is 4.47. The van der Waals surface area contributed by atoms with Gasteiger partial charge in [-0.2, -0.15) is 5.10 Å². The number of esters is 2. The van der Waals surface area contributed by atoms with Crippen LogP contribution in [0, 0.1) is 0 Å². The smallest absolute Gasteiger partial charge is 0.308 e. The molecule has 2 aromatic rings. The van der Waals surface area contributed by atoms with Gasteiger partial charge in [-0.15, -0.1) is 0 Å². The number of benzene rings is 1. The first-order valence-electron chi connectivity index (χ1n) is 6.42. The molecule has 7 heteroatoms. The van der Waals surface area contributed by atoms with Crippen molar-refractivity contribution in [3.05, 3.63) is 22.8 Å². The molecule has 0 aliphatic heterocycles. The number of aryl methyl sites for hydroxylation is 1. The van der Waals surface area contributed by atoms with Crippen molar-refractivity contribution >= 4 is 38.8 Å². The summed E-state index contributed by atoms with van der Waals surface area (Å²) in [4.78, 5) is 22.1. The van der Waals surface area contributed by atoms with Crippen LogP contribution in [0.4, 0.5) is 0 Å². The topological polar surface area (TPSA) is 70.4 Å². The van der Waals surface area contributed by atoms with Crippen LogP contribution in [0.5, 0.6) is 5.75 Å². The Kier molecular flexibility index (Phi) is 4.95. The van der Waals surface area contributed by atoms with Crippen molar-refractivity contribution in [1.29, 1.82) is 0 Å². The average Bonchev–Trinajstić information content (AvgIpc) is 2.74. The highest BCUT2D eigenvalue weighted by Gasteiger charge is 2.11. The third-order valence-electron chi connectivity index (χ3n) is 2.92. The van der Waals surface area contributed by atoms with Crippen LogP contribution in [0.1, 0.15) is 19.8 Å². The van der Waals surface area contributed by atoms with Gasteiger partial charge in [0.05, 0.1) is 12.6 Å². The Morgan fingerprint density at radius 3 is 2.81 bits per heavy atom. The number of methoxy groups -OCH3 is 1. The van der Waals surface area contributed by atoms with Gasteiger partial charge in [-0.05, 0) is 34.5 Å². The number of aromatic nitrogens is 2. The van der Waals surface area contributed by atoms with Gasteiger partial charge in [0, 0.05) is 31.3 Å². The zero-order valence-electron chi connectivity index (χ0n) is 11.8. The van der Waals surface area contributed by atoms with E-state index in [1.165, 1.54) is 14.0 Å². The molecule has 0 fully saturated rings. The predicted molar refractivity (Wildman–Crippen MR) is 80.0 cm³/mol. The lowest BCUT2D eigenvalue weighted by Gasteiger charge is -2.05. The van der Waals surface area contributed by atoms with Crippen molar-refractivity contribution in [2.75, 3.05) is 7.11 Å². The summed E-state index contributed by atoms with van der Waals surface area (Å²) in [6.07, 6.45) is 0.951. The van der Waals surface area contributed by atoms with Crippen LogP contribution >= 0.6 is 15.9 Å². The first-order chi connectivity index (χ1) is 10.0. The molecular formula is C14H15BrN2O4. The number of rotatable bonds is 5. The van der Waals surface area contributed by atoms with E-state index in [2.05, 4.69) is 25.8 Å². The summed E-state index contributed by atoms with van der Waals surface area (Å²) in [5, 5.41) is 5.29. The van der Waals surface area contributed by atoms with Gasteiger partial charge >= 0.3 is 11.9 Å². The van der Waals surface area contributed by atoms with Crippen LogP contribution in [0.2, 0.25) is 0 Å². The van der Waals surface area contributed by atoms with Crippen LogP contribution in [0.3, 0.4) is 0 Å². The molecule has 0 saturated carbocycles. The molecule has 0 aliphatic rings. The summed E-state index contributed by atoms with van der Waals surface area (Å²) >= 11 is 3.40. The van der Waals surface area contributed by atoms with E-state index >= 15 is 0 Å². The molecular weight excluding hydrogens is 340 g/mol. The molecule has 1 heterocycles. The summed E-state index contributed by atoms with van der Waals surface area (Å²) in [7, 11) is 1.37. The van der Waals surface area contributed by atoms with E-state index in [-0.39, 0.29) is 11.9 Å². The number of halogens is 1. The van der Waals surface area contributed by atoms with Crippen LogP contribution in [0.25, 0.3) is 10.9 Å². The summed E-state index contributed by atoms with van der Waals surface area (Å²) < 4.78 is 12.2. The van der Waals surface area contributed by atoms with Crippen LogP contribution < -0.4 is 4.74 Å². The highest BCUT2D eigenvalue weighted by Crippen LogP contribution is 2.27. The third kappa shape index (κ3) is 3.81. The highest BCUT2D eigenvalue weighted by molar-refractivity contribution is 9.10. The Morgan fingerprint density at radius 2 is 2.14 bits per heavy atom. The maximum absolute atomic E-state index is 11.1. The zero-order valence-corrected chi connectivity index (χ0v) is 13.3. The van der Waals surface area contributed by atoms with Crippen molar-refractivity contribution < 1.29 is 19.1 Å². The zero-order chi connectivity index (χ0) is 15.4. The number of fused-ring (bicyclic) bond motifs is 1. The number of hydrogen-bond donors (Lipinski definition) is 0. The molecule has 0 bridgehead atoms. The lowest BCUT2D eigenvalue weighted by molar-refractivity contribution is -0.140. The first kappa shape index (κ1) is 15.5. The monoisotopic (exact) mass is 354 g/mol. The fraction of sp³-hybridized carbons (Fsp3) is 0.357. The fourth-order valence-electron chi connectivity index (χ4n) is 1.99. The van der Waals surface area contributed by atoms with E-state index < -0.39 is 0 Å². The molecule has 1 aromatic carbocycles. The molecule has 0 amide bonds. The van der Waals surface area contributed by atoms with Crippen molar-refractivity contribution in [2.45, 2.75) is 26.3 Å². The molecule has 0 spiro atoms. The van der Waals surface area contributed by atoms with Crippen molar-refractivity contribution in [1.82, 2.24) is 9.78 Å². The Labute approximate surface area is 130 Å². The van der Waals surface area contributed by atoms with Gasteiger partial charge in [0.15, 0.2) is 0 Å².